The zero-order valence-corrected chi connectivity index (χ0v) is 28.5. The van der Waals surface area contributed by atoms with Crippen molar-refractivity contribution >= 4 is 51.8 Å². The summed E-state index contributed by atoms with van der Waals surface area (Å²) in [5.74, 6) is 4.20. The molecule has 7 rings (SSSR count). The number of nitrogens with zero attached hydrogens (tertiary/aromatic N) is 5. The van der Waals surface area contributed by atoms with Crippen molar-refractivity contribution in [2.24, 2.45) is 0 Å². The lowest BCUT2D eigenvalue weighted by Crippen LogP contribution is -2.58. The maximum absolute atomic E-state index is 16.9. The Labute approximate surface area is 282 Å². The minimum Gasteiger partial charge on any atom is -0.508 e. The Morgan fingerprint density at radius 2 is 1.75 bits per heavy atom. The monoisotopic (exact) mass is 685 g/mol. The van der Waals surface area contributed by atoms with Crippen molar-refractivity contribution in [2.75, 3.05) is 46.3 Å². The molecule has 0 atom stereocenters. The third-order valence-corrected chi connectivity index (χ3v) is 11.4. The van der Waals surface area contributed by atoms with E-state index in [0.29, 0.717) is 42.6 Å². The minimum atomic E-state index is -3.45. The fourth-order valence-corrected chi connectivity index (χ4v) is 8.37. The minimum absolute atomic E-state index is 0.0116. The Morgan fingerprint density at radius 1 is 1.00 bits per heavy atom. The van der Waals surface area contributed by atoms with Gasteiger partial charge in [-0.15, -0.1) is 0 Å². The van der Waals surface area contributed by atoms with E-state index in [1.165, 1.54) is 6.07 Å². The molecule has 0 spiro atoms. The number of benzene rings is 4. The molecular weight excluding hydrogens is 652 g/mol. The van der Waals surface area contributed by atoms with Crippen LogP contribution in [0, 0.1) is 5.82 Å². The SMILES string of the molecule is COc1ccc(CN2C=CP(=O)(c3nc(N4CC(N(C)C)C4)nc4c(F)c(-c5cc(O)cc6ccccc56)c(Cl)cc34)C=C2)c(OC)c1. The predicted molar refractivity (Wildman–Crippen MR) is 189 cm³/mol. The lowest BCUT2D eigenvalue weighted by Gasteiger charge is -2.42. The van der Waals surface area contributed by atoms with Crippen LogP contribution in [0.1, 0.15) is 5.56 Å². The molecule has 0 aliphatic carbocycles. The molecule has 0 bridgehead atoms. The van der Waals surface area contributed by atoms with Crippen LogP contribution in [0.3, 0.4) is 0 Å². The molecule has 1 N–H and O–H groups in total. The molecule has 9 nitrogen and oxygen atoms in total. The van der Waals surface area contributed by atoms with Crippen LogP contribution in [0.25, 0.3) is 32.8 Å². The van der Waals surface area contributed by atoms with Gasteiger partial charge in [-0.25, -0.2) is 14.4 Å². The largest absolute Gasteiger partial charge is 0.508 e. The highest BCUT2D eigenvalue weighted by molar-refractivity contribution is 7.77. The molecule has 1 saturated heterocycles. The zero-order chi connectivity index (χ0) is 33.7. The standard InChI is InChI=1S/C36H34ClFN5O4P/c1-41(2)24-20-43(21-24)36-39-34-29(18-30(37)32(33(34)38)28-16-25(44)15-22-7-5-6-8-27(22)28)35(40-36)48(45)13-11-42(12-14-48)19-23-9-10-26(46-3)17-31(23)47-4/h5-18,24,44H,19-21H2,1-4H3. The van der Waals surface area contributed by atoms with Crippen molar-refractivity contribution in [1.29, 1.82) is 0 Å². The molecule has 4 aromatic carbocycles. The predicted octanol–water partition coefficient (Wildman–Crippen LogP) is 7.16. The summed E-state index contributed by atoms with van der Waals surface area (Å²) in [6.07, 6.45) is 3.49. The lowest BCUT2D eigenvalue weighted by atomic mass is 9.96. The maximum Gasteiger partial charge on any atom is 0.226 e. The molecule has 48 heavy (non-hydrogen) atoms. The maximum atomic E-state index is 16.9. The lowest BCUT2D eigenvalue weighted by molar-refractivity contribution is 0.245. The second kappa shape index (κ2) is 12.4. The number of methoxy groups -OCH3 is 2. The molecule has 3 heterocycles. The van der Waals surface area contributed by atoms with E-state index in [1.54, 1.807) is 50.4 Å². The van der Waals surface area contributed by atoms with Gasteiger partial charge < -0.3 is 33.8 Å². The van der Waals surface area contributed by atoms with Crippen LogP contribution in [0.2, 0.25) is 5.02 Å². The smallest absolute Gasteiger partial charge is 0.226 e. The average Bonchev–Trinajstić information content (AvgIpc) is 3.05. The molecule has 12 heteroatoms. The van der Waals surface area contributed by atoms with Crippen molar-refractivity contribution < 1.29 is 23.5 Å². The number of likely N-dealkylation sites (N-methyl/N-ethyl adjacent to an activating group) is 1. The first-order chi connectivity index (χ1) is 23.1. The van der Waals surface area contributed by atoms with Gasteiger partial charge in [0, 0.05) is 65.7 Å². The highest BCUT2D eigenvalue weighted by atomic mass is 35.5. The fraction of sp³-hybridized carbons (Fsp3) is 0.222. The van der Waals surface area contributed by atoms with Crippen LogP contribution in [-0.4, -0.2) is 72.3 Å². The number of ether oxygens (including phenoxy) is 2. The molecule has 1 aromatic heterocycles. The van der Waals surface area contributed by atoms with Gasteiger partial charge in [0.15, 0.2) is 13.0 Å². The third kappa shape index (κ3) is 5.64. The van der Waals surface area contributed by atoms with Crippen molar-refractivity contribution in [1.82, 2.24) is 19.8 Å². The molecule has 5 aromatic rings. The Kier molecular flexibility index (Phi) is 8.27. The number of anilines is 1. The number of fused-ring (bicyclic) bond motifs is 2. The summed E-state index contributed by atoms with van der Waals surface area (Å²) >= 11 is 6.86. The van der Waals surface area contributed by atoms with Crippen LogP contribution in [0.5, 0.6) is 17.2 Å². The van der Waals surface area contributed by atoms with E-state index < -0.39 is 13.0 Å². The number of hydrogen-bond donors (Lipinski definition) is 1. The van der Waals surface area contributed by atoms with Crippen molar-refractivity contribution in [3.63, 3.8) is 0 Å². The average molecular weight is 686 g/mol. The van der Waals surface area contributed by atoms with Gasteiger partial charge >= 0.3 is 0 Å². The van der Waals surface area contributed by atoms with Crippen LogP contribution in [-0.2, 0) is 11.1 Å². The molecule has 246 valence electrons. The topological polar surface area (TPSA) is 91.3 Å². The summed E-state index contributed by atoms with van der Waals surface area (Å²) in [6.45, 7) is 1.74. The van der Waals surface area contributed by atoms with Gasteiger partial charge in [-0.3, -0.25) is 0 Å². The van der Waals surface area contributed by atoms with E-state index in [9.17, 15) is 9.67 Å². The first kappa shape index (κ1) is 31.9. The van der Waals surface area contributed by atoms with Gasteiger partial charge in [-0.2, -0.15) is 0 Å². The highest BCUT2D eigenvalue weighted by Crippen LogP contribution is 2.52. The van der Waals surface area contributed by atoms with Crippen molar-refractivity contribution in [3.8, 4) is 28.4 Å². The summed E-state index contributed by atoms with van der Waals surface area (Å²) in [5.41, 5.74) is 1.67. The summed E-state index contributed by atoms with van der Waals surface area (Å²) in [5, 5.41) is 12.4. The van der Waals surface area contributed by atoms with Crippen LogP contribution in [0.15, 0.2) is 84.7 Å². The summed E-state index contributed by atoms with van der Waals surface area (Å²) < 4.78 is 42.5. The van der Waals surface area contributed by atoms with Gasteiger partial charge in [-0.05, 0) is 60.8 Å². The van der Waals surface area contributed by atoms with E-state index in [2.05, 4.69) is 4.90 Å². The molecule has 0 radical (unpaired) electrons. The van der Waals surface area contributed by atoms with E-state index >= 15 is 4.39 Å². The second-order valence-electron chi connectivity index (χ2n) is 12.2. The Hall–Kier alpha value is -4.63. The first-order valence-electron chi connectivity index (χ1n) is 15.4. The second-order valence-corrected chi connectivity index (χ2v) is 15.0. The zero-order valence-electron chi connectivity index (χ0n) is 26.9. The molecule has 0 saturated carbocycles. The van der Waals surface area contributed by atoms with Gasteiger partial charge in [0.05, 0.1) is 25.8 Å². The summed E-state index contributed by atoms with van der Waals surface area (Å²) in [6, 6.07) is 18.0. The van der Waals surface area contributed by atoms with E-state index in [4.69, 9.17) is 31.0 Å². The van der Waals surface area contributed by atoms with Crippen molar-refractivity contribution in [2.45, 2.75) is 12.6 Å². The van der Waals surface area contributed by atoms with Crippen LogP contribution >= 0.6 is 18.7 Å². The Bertz CT molecular complexity index is 2170. The van der Waals surface area contributed by atoms with Crippen LogP contribution in [0.4, 0.5) is 10.3 Å². The number of aromatic hydroxyl groups is 1. The number of phenolic OH excluding ortho intramolecular Hbond substituents is 1. The summed E-state index contributed by atoms with van der Waals surface area (Å²) in [7, 11) is 3.76. The van der Waals surface area contributed by atoms with Gasteiger partial charge in [-0.1, -0.05) is 35.9 Å². The number of hydrogen-bond acceptors (Lipinski definition) is 9. The molecule has 0 amide bonds. The van der Waals surface area contributed by atoms with Gasteiger partial charge in [0.1, 0.15) is 28.2 Å². The molecule has 2 aliphatic heterocycles. The highest BCUT2D eigenvalue weighted by Gasteiger charge is 2.34. The number of halogens is 2. The van der Waals surface area contributed by atoms with E-state index in [-0.39, 0.29) is 38.7 Å². The Balaban J connectivity index is 1.34. The normalized spacial score (nSPS) is 15.8. The number of phenols is 1. The van der Waals surface area contributed by atoms with Gasteiger partial charge in [0.2, 0.25) is 5.95 Å². The molecule has 1 fully saturated rings. The third-order valence-electron chi connectivity index (χ3n) is 8.98. The van der Waals surface area contributed by atoms with Gasteiger partial charge in [0.25, 0.3) is 0 Å². The molecule has 0 unspecified atom stereocenters. The quantitative estimate of drug-likeness (QED) is 0.171. The number of rotatable bonds is 8. The van der Waals surface area contributed by atoms with E-state index in [1.807, 2.05) is 66.4 Å². The van der Waals surface area contributed by atoms with Crippen molar-refractivity contribution in [3.05, 3.63) is 101 Å². The first-order valence-corrected chi connectivity index (χ1v) is 17.6. The molecular formula is C36H34ClFN5O4P. The molecule has 2 aliphatic rings. The summed E-state index contributed by atoms with van der Waals surface area (Å²) in [4.78, 5) is 15.5. The van der Waals surface area contributed by atoms with Crippen LogP contribution < -0.4 is 19.8 Å². The fourth-order valence-electron chi connectivity index (χ4n) is 6.16. The van der Waals surface area contributed by atoms with E-state index in [0.717, 1.165) is 16.3 Å². The Morgan fingerprint density at radius 3 is 2.46 bits per heavy atom. The number of aromatic nitrogens is 2.